The first kappa shape index (κ1) is 20.2. The van der Waals surface area contributed by atoms with Crippen LogP contribution in [0.15, 0.2) is 41.8 Å². The molecule has 2 amide bonds. The molecule has 1 atom stereocenters. The Morgan fingerprint density at radius 1 is 1.23 bits per heavy atom. The van der Waals surface area contributed by atoms with Crippen molar-refractivity contribution in [3.05, 3.63) is 58.9 Å². The number of rotatable bonds is 4. The summed E-state index contributed by atoms with van der Waals surface area (Å²) in [5.74, 6) is -0.764. The topological polar surface area (TPSA) is 54.3 Å². The Hall–Kier alpha value is -2.67. The predicted molar refractivity (Wildman–Crippen MR) is 120 cm³/mol. The largest absolute Gasteiger partial charge is 0.351 e. The predicted octanol–water partition coefficient (Wildman–Crippen LogP) is 4.71. The molecule has 0 saturated heterocycles. The highest BCUT2D eigenvalue weighted by molar-refractivity contribution is 7.16. The number of benzene rings is 1. The highest BCUT2D eigenvalue weighted by Gasteiger charge is 2.48. The molecule has 1 aliphatic carbocycles. The Labute approximate surface area is 184 Å². The van der Waals surface area contributed by atoms with E-state index in [-0.39, 0.29) is 30.2 Å². The molecular weight excluding hydrogens is 413 g/mol. The molecule has 162 valence electrons. The zero-order valence-electron chi connectivity index (χ0n) is 17.6. The number of nitrogens with one attached hydrogen (secondary N) is 1. The minimum Gasteiger partial charge on any atom is -0.351 e. The summed E-state index contributed by atoms with van der Waals surface area (Å²) in [6, 6.07) is 10.4. The molecule has 31 heavy (non-hydrogen) atoms. The molecule has 1 fully saturated rings. The maximum Gasteiger partial charge on any atom is 0.271 e. The van der Waals surface area contributed by atoms with Gasteiger partial charge < -0.3 is 14.8 Å². The molecule has 7 heteroatoms. The van der Waals surface area contributed by atoms with Crippen molar-refractivity contribution in [2.75, 3.05) is 0 Å². The number of carbonyl (C=O) groups excluding carboxylic acids is 2. The summed E-state index contributed by atoms with van der Waals surface area (Å²) in [6.45, 7) is 2.22. The van der Waals surface area contributed by atoms with E-state index in [9.17, 15) is 14.0 Å². The molecule has 0 radical (unpaired) electrons. The number of fused-ring (bicyclic) bond motifs is 3. The molecule has 2 aromatic heterocycles. The summed E-state index contributed by atoms with van der Waals surface area (Å²) in [4.78, 5) is 29.8. The van der Waals surface area contributed by atoms with Crippen LogP contribution < -0.4 is 5.32 Å². The number of nitrogens with zero attached hydrogens (tertiary/aromatic N) is 2. The third-order valence-electron chi connectivity index (χ3n) is 6.74. The van der Waals surface area contributed by atoms with E-state index in [2.05, 4.69) is 5.32 Å². The normalized spacial score (nSPS) is 22.0. The maximum absolute atomic E-state index is 14.5. The van der Waals surface area contributed by atoms with Crippen molar-refractivity contribution in [3.8, 4) is 0 Å². The van der Waals surface area contributed by atoms with Crippen molar-refractivity contribution in [2.45, 2.75) is 63.7 Å². The molecule has 5 nitrogen and oxygen atoms in total. The van der Waals surface area contributed by atoms with Gasteiger partial charge in [-0.2, -0.15) is 0 Å². The van der Waals surface area contributed by atoms with Crippen LogP contribution in [0, 0.1) is 5.82 Å². The molecule has 1 aromatic carbocycles. The lowest BCUT2D eigenvalue weighted by Crippen LogP contribution is -2.64. The van der Waals surface area contributed by atoms with Gasteiger partial charge in [0.25, 0.3) is 5.91 Å². The van der Waals surface area contributed by atoms with E-state index in [1.807, 2.05) is 29.0 Å². The number of aromatic nitrogens is 1. The summed E-state index contributed by atoms with van der Waals surface area (Å²) >= 11 is 1.57. The minimum absolute atomic E-state index is 0.0545. The third-order valence-corrected chi connectivity index (χ3v) is 7.70. The highest BCUT2D eigenvalue weighted by atomic mass is 32.1. The highest BCUT2D eigenvalue weighted by Crippen LogP contribution is 2.36. The second-order valence-electron chi connectivity index (χ2n) is 8.86. The number of thiophene rings is 1. The van der Waals surface area contributed by atoms with Gasteiger partial charge in [0, 0.05) is 17.0 Å². The Balaban J connectivity index is 1.54. The number of hydrogen-bond acceptors (Lipinski definition) is 3. The second-order valence-corrected chi connectivity index (χ2v) is 9.76. The Bertz CT molecular complexity index is 1150. The number of halogens is 1. The van der Waals surface area contributed by atoms with Gasteiger partial charge in [-0.1, -0.05) is 37.5 Å². The molecular formula is C24H26FN3O2S. The second kappa shape index (κ2) is 7.79. The van der Waals surface area contributed by atoms with Crippen molar-refractivity contribution in [2.24, 2.45) is 0 Å². The van der Waals surface area contributed by atoms with Crippen molar-refractivity contribution >= 4 is 33.4 Å². The average molecular weight is 440 g/mol. The van der Waals surface area contributed by atoms with E-state index < -0.39 is 5.54 Å². The maximum atomic E-state index is 14.5. The molecule has 1 saturated carbocycles. The van der Waals surface area contributed by atoms with Crippen LogP contribution in [0.4, 0.5) is 4.39 Å². The zero-order valence-corrected chi connectivity index (χ0v) is 18.4. The molecule has 0 bridgehead atoms. The van der Waals surface area contributed by atoms with Gasteiger partial charge in [-0.05, 0) is 43.3 Å². The van der Waals surface area contributed by atoms with Crippen LogP contribution in [0.2, 0.25) is 0 Å². The zero-order chi connectivity index (χ0) is 21.6. The van der Waals surface area contributed by atoms with Gasteiger partial charge in [-0.15, -0.1) is 11.3 Å². The lowest BCUT2D eigenvalue weighted by atomic mass is 9.91. The first-order valence-corrected chi connectivity index (χ1v) is 11.8. The molecule has 1 unspecified atom stereocenters. The third kappa shape index (κ3) is 3.45. The van der Waals surface area contributed by atoms with Crippen molar-refractivity contribution in [1.82, 2.24) is 14.8 Å². The molecule has 1 aliphatic heterocycles. The number of carbonyl (C=O) groups is 2. The summed E-state index contributed by atoms with van der Waals surface area (Å²) in [6.07, 6.45) is 5.35. The van der Waals surface area contributed by atoms with Crippen LogP contribution in [0.1, 0.15) is 55.1 Å². The van der Waals surface area contributed by atoms with Crippen LogP contribution in [0.5, 0.6) is 0 Å². The fourth-order valence-electron chi connectivity index (χ4n) is 4.89. The molecule has 2 aliphatic rings. The monoisotopic (exact) mass is 439 g/mol. The van der Waals surface area contributed by atoms with Gasteiger partial charge in [0.2, 0.25) is 5.91 Å². The van der Waals surface area contributed by atoms with Crippen LogP contribution in [-0.4, -0.2) is 32.9 Å². The standard InChI is InChI=1S/C24H26FN3O2S/c1-24(23(30)26-18-8-3-2-4-9-18)15-27-20(13-16-11-12-31-22(16)27)21(29)28(24)14-17-7-5-6-10-19(17)25/h5-7,10-13,18H,2-4,8-9,14-15H2,1H3,(H,26,30). The first-order chi connectivity index (χ1) is 15.0. The summed E-state index contributed by atoms with van der Waals surface area (Å²) in [5.41, 5.74) is -0.143. The summed E-state index contributed by atoms with van der Waals surface area (Å²) in [5, 5.41) is 6.20. The van der Waals surface area contributed by atoms with E-state index in [0.717, 1.165) is 35.9 Å². The van der Waals surface area contributed by atoms with E-state index in [1.165, 1.54) is 12.5 Å². The Kier molecular flexibility index (Phi) is 5.08. The van der Waals surface area contributed by atoms with E-state index >= 15 is 0 Å². The van der Waals surface area contributed by atoms with Gasteiger partial charge in [0.1, 0.15) is 21.9 Å². The first-order valence-electron chi connectivity index (χ1n) is 10.9. The lowest BCUT2D eigenvalue weighted by Gasteiger charge is -2.44. The van der Waals surface area contributed by atoms with Crippen LogP contribution in [-0.2, 0) is 17.9 Å². The van der Waals surface area contributed by atoms with Gasteiger partial charge in [-0.25, -0.2) is 4.39 Å². The molecule has 0 spiro atoms. The molecule has 1 N–H and O–H groups in total. The average Bonchev–Trinajstić information content (AvgIpc) is 3.35. The van der Waals surface area contributed by atoms with Gasteiger partial charge >= 0.3 is 0 Å². The van der Waals surface area contributed by atoms with Crippen molar-refractivity contribution in [3.63, 3.8) is 0 Å². The van der Waals surface area contributed by atoms with E-state index in [1.54, 1.807) is 34.4 Å². The van der Waals surface area contributed by atoms with Crippen LogP contribution in [0.3, 0.4) is 0 Å². The van der Waals surface area contributed by atoms with Crippen molar-refractivity contribution < 1.29 is 14.0 Å². The summed E-state index contributed by atoms with van der Waals surface area (Å²) in [7, 11) is 0. The molecule has 5 rings (SSSR count). The quantitative estimate of drug-likeness (QED) is 0.640. The van der Waals surface area contributed by atoms with Crippen LogP contribution in [0.25, 0.3) is 10.2 Å². The number of amides is 2. The van der Waals surface area contributed by atoms with Crippen LogP contribution >= 0.6 is 11.3 Å². The smallest absolute Gasteiger partial charge is 0.271 e. The Morgan fingerprint density at radius 3 is 2.77 bits per heavy atom. The Morgan fingerprint density at radius 2 is 2.00 bits per heavy atom. The van der Waals surface area contributed by atoms with E-state index in [4.69, 9.17) is 0 Å². The van der Waals surface area contributed by atoms with Crippen molar-refractivity contribution in [1.29, 1.82) is 0 Å². The van der Waals surface area contributed by atoms with Gasteiger partial charge in [0.15, 0.2) is 0 Å². The molecule has 3 aromatic rings. The summed E-state index contributed by atoms with van der Waals surface area (Å²) < 4.78 is 16.4. The lowest BCUT2D eigenvalue weighted by molar-refractivity contribution is -0.134. The molecule has 3 heterocycles. The van der Waals surface area contributed by atoms with Gasteiger partial charge in [-0.3, -0.25) is 9.59 Å². The fourth-order valence-corrected chi connectivity index (χ4v) is 5.79. The van der Waals surface area contributed by atoms with Gasteiger partial charge in [0.05, 0.1) is 13.1 Å². The van der Waals surface area contributed by atoms with E-state index in [0.29, 0.717) is 17.8 Å². The fraction of sp³-hybridized carbons (Fsp3) is 0.417. The SMILES string of the molecule is CC1(C(=O)NC2CCCCC2)Cn2c(cc3ccsc32)C(=O)N1Cc1ccccc1F. The number of hydrogen-bond donors (Lipinski definition) is 1. The minimum atomic E-state index is -1.11.